The van der Waals surface area contributed by atoms with Crippen LogP contribution in [-0.2, 0) is 12.8 Å². The second-order valence-corrected chi connectivity index (χ2v) is 9.35. The summed E-state index contributed by atoms with van der Waals surface area (Å²) in [7, 11) is 0. The third-order valence-corrected chi connectivity index (χ3v) is 6.74. The molecule has 3 rings (SSSR count). The fraction of sp³-hybridized carbons (Fsp3) is 0.529. The van der Waals surface area contributed by atoms with Crippen LogP contribution in [-0.4, -0.2) is 21.4 Å². The van der Waals surface area contributed by atoms with Crippen LogP contribution < -0.4 is 10.9 Å². The first-order chi connectivity index (χ1) is 11.8. The van der Waals surface area contributed by atoms with E-state index in [1.54, 1.807) is 6.92 Å². The molecule has 1 atom stereocenters. The fourth-order valence-electron chi connectivity index (χ4n) is 3.05. The number of amides is 2. The standard InChI is InChI=1S/C17H22N4O2S2/c1-9-14(25-21-18-9)16(23)20-19-15(22)13-8-10-7-11(17(2,3)4)5-6-12(10)24-13/h8,11H,5-7H2,1-4H3,(H,19,22)(H,20,23)/t11-/m0/s1. The number of hydrogen-bond acceptors (Lipinski definition) is 6. The molecule has 2 N–H and O–H groups in total. The SMILES string of the molecule is Cc1nnsc1C(=O)NNC(=O)c1cc2c(s1)CC[C@H](C(C)(C)C)C2. The number of fused-ring (bicyclic) bond motifs is 1. The molecule has 0 aromatic carbocycles. The lowest BCUT2D eigenvalue weighted by Gasteiger charge is -2.33. The van der Waals surface area contributed by atoms with Gasteiger partial charge in [-0.15, -0.1) is 16.4 Å². The highest BCUT2D eigenvalue weighted by Crippen LogP contribution is 2.40. The average Bonchev–Trinajstić information content (AvgIpc) is 3.16. The van der Waals surface area contributed by atoms with Crippen molar-refractivity contribution in [1.82, 2.24) is 20.4 Å². The second kappa shape index (κ2) is 6.84. The highest BCUT2D eigenvalue weighted by Gasteiger charge is 2.30. The minimum atomic E-state index is -0.394. The van der Waals surface area contributed by atoms with Crippen LogP contribution in [0, 0.1) is 18.3 Å². The van der Waals surface area contributed by atoms with Gasteiger partial charge in [0.25, 0.3) is 11.8 Å². The monoisotopic (exact) mass is 378 g/mol. The molecule has 0 fully saturated rings. The third kappa shape index (κ3) is 3.90. The van der Waals surface area contributed by atoms with Crippen molar-refractivity contribution in [3.63, 3.8) is 0 Å². The van der Waals surface area contributed by atoms with Crippen molar-refractivity contribution in [1.29, 1.82) is 0 Å². The summed E-state index contributed by atoms with van der Waals surface area (Å²) in [6, 6.07) is 1.97. The molecule has 0 saturated carbocycles. The first-order valence-corrected chi connectivity index (χ1v) is 9.86. The highest BCUT2D eigenvalue weighted by atomic mass is 32.1. The zero-order chi connectivity index (χ0) is 18.2. The summed E-state index contributed by atoms with van der Waals surface area (Å²) >= 11 is 2.53. The number of carbonyl (C=O) groups is 2. The summed E-state index contributed by atoms with van der Waals surface area (Å²) in [6.45, 7) is 8.52. The van der Waals surface area contributed by atoms with E-state index in [1.807, 2.05) is 6.07 Å². The lowest BCUT2D eigenvalue weighted by atomic mass is 9.72. The molecule has 134 valence electrons. The van der Waals surface area contributed by atoms with Crippen molar-refractivity contribution in [3.05, 3.63) is 32.0 Å². The minimum absolute atomic E-state index is 0.274. The van der Waals surface area contributed by atoms with E-state index in [0.29, 0.717) is 21.4 Å². The van der Waals surface area contributed by atoms with Crippen LogP contribution in [0.4, 0.5) is 0 Å². The zero-order valence-corrected chi connectivity index (χ0v) is 16.4. The maximum atomic E-state index is 12.4. The number of rotatable bonds is 2. The van der Waals surface area contributed by atoms with Gasteiger partial charge >= 0.3 is 0 Å². The van der Waals surface area contributed by atoms with Gasteiger partial charge in [0.05, 0.1) is 10.6 Å². The van der Waals surface area contributed by atoms with E-state index < -0.39 is 5.91 Å². The molecule has 0 spiro atoms. The Bertz CT molecular complexity index is 804. The summed E-state index contributed by atoms with van der Waals surface area (Å²) in [5, 5.41) is 3.79. The third-order valence-electron chi connectivity index (χ3n) is 4.68. The van der Waals surface area contributed by atoms with E-state index in [4.69, 9.17) is 0 Å². The largest absolute Gasteiger partial charge is 0.283 e. The Morgan fingerprint density at radius 2 is 1.96 bits per heavy atom. The first kappa shape index (κ1) is 18.0. The van der Waals surface area contributed by atoms with Crippen molar-refractivity contribution in [3.8, 4) is 0 Å². The van der Waals surface area contributed by atoms with Crippen molar-refractivity contribution in [2.45, 2.75) is 47.0 Å². The summed E-state index contributed by atoms with van der Waals surface area (Å²) in [6.07, 6.45) is 3.19. The summed E-state index contributed by atoms with van der Waals surface area (Å²) < 4.78 is 3.72. The van der Waals surface area contributed by atoms with Gasteiger partial charge in [-0.05, 0) is 60.7 Å². The molecule has 1 aliphatic rings. The molecule has 2 aromatic heterocycles. The zero-order valence-electron chi connectivity index (χ0n) is 14.8. The van der Waals surface area contributed by atoms with Crippen LogP contribution in [0.15, 0.2) is 6.07 Å². The van der Waals surface area contributed by atoms with Crippen molar-refractivity contribution < 1.29 is 9.59 Å². The summed E-state index contributed by atoms with van der Waals surface area (Å²) in [5.74, 6) is -0.0443. The quantitative estimate of drug-likeness (QED) is 0.787. The molecule has 1 aliphatic carbocycles. The van der Waals surface area contributed by atoms with Crippen LogP contribution in [0.25, 0.3) is 0 Å². The van der Waals surface area contributed by atoms with Crippen molar-refractivity contribution in [2.24, 2.45) is 11.3 Å². The highest BCUT2D eigenvalue weighted by molar-refractivity contribution is 7.14. The van der Waals surface area contributed by atoms with Crippen molar-refractivity contribution >= 4 is 34.7 Å². The maximum Gasteiger partial charge on any atom is 0.283 e. The van der Waals surface area contributed by atoms with Crippen LogP contribution in [0.1, 0.15) is 62.7 Å². The fourth-order valence-corrected chi connectivity index (χ4v) is 4.70. The van der Waals surface area contributed by atoms with E-state index in [9.17, 15) is 9.59 Å². The Labute approximate surface area is 155 Å². The first-order valence-electron chi connectivity index (χ1n) is 8.27. The lowest BCUT2D eigenvalue weighted by Crippen LogP contribution is -2.41. The topological polar surface area (TPSA) is 84.0 Å². The van der Waals surface area contributed by atoms with E-state index in [2.05, 4.69) is 41.2 Å². The summed E-state index contributed by atoms with van der Waals surface area (Å²) in [4.78, 5) is 26.7. The smallest absolute Gasteiger partial charge is 0.266 e. The second-order valence-electron chi connectivity index (χ2n) is 7.46. The maximum absolute atomic E-state index is 12.4. The van der Waals surface area contributed by atoms with Gasteiger partial charge in [0.2, 0.25) is 0 Å². The normalized spacial score (nSPS) is 17.0. The number of aryl methyl sites for hydroxylation is 2. The number of carbonyl (C=O) groups excluding carboxylic acids is 2. The van der Waals surface area contributed by atoms with Gasteiger partial charge in [-0.1, -0.05) is 25.3 Å². The van der Waals surface area contributed by atoms with Crippen LogP contribution in [0.5, 0.6) is 0 Å². The number of thiophene rings is 1. The molecule has 6 nitrogen and oxygen atoms in total. The molecule has 0 saturated heterocycles. The van der Waals surface area contributed by atoms with Gasteiger partial charge in [0, 0.05) is 4.88 Å². The van der Waals surface area contributed by atoms with Gasteiger partial charge in [-0.25, -0.2) is 0 Å². The predicted octanol–water partition coefficient (Wildman–Crippen LogP) is 3.13. The molecule has 8 heteroatoms. The van der Waals surface area contributed by atoms with Crippen LogP contribution >= 0.6 is 22.9 Å². The number of hydrogen-bond donors (Lipinski definition) is 2. The number of aromatic nitrogens is 2. The van der Waals surface area contributed by atoms with Crippen LogP contribution in [0.2, 0.25) is 0 Å². The molecule has 25 heavy (non-hydrogen) atoms. The molecule has 0 radical (unpaired) electrons. The van der Waals surface area contributed by atoms with E-state index in [1.165, 1.54) is 21.8 Å². The molecule has 0 bridgehead atoms. The Kier molecular flexibility index (Phi) is 4.92. The molecule has 2 aromatic rings. The van der Waals surface area contributed by atoms with E-state index in [0.717, 1.165) is 30.8 Å². The number of nitrogens with one attached hydrogen (secondary N) is 2. The number of nitrogens with zero attached hydrogens (tertiary/aromatic N) is 2. The molecule has 2 heterocycles. The van der Waals surface area contributed by atoms with Crippen molar-refractivity contribution in [2.75, 3.05) is 0 Å². The molecule has 2 amide bonds. The van der Waals surface area contributed by atoms with Gasteiger partial charge in [0.1, 0.15) is 4.88 Å². The van der Waals surface area contributed by atoms with Gasteiger partial charge in [0.15, 0.2) is 0 Å². The predicted molar refractivity (Wildman–Crippen MR) is 98.9 cm³/mol. The minimum Gasteiger partial charge on any atom is -0.266 e. The lowest BCUT2D eigenvalue weighted by molar-refractivity contribution is 0.0850. The average molecular weight is 379 g/mol. The molecular formula is C17H22N4O2S2. The van der Waals surface area contributed by atoms with E-state index in [-0.39, 0.29) is 11.3 Å². The van der Waals surface area contributed by atoms with E-state index >= 15 is 0 Å². The number of hydrazine groups is 1. The molecular weight excluding hydrogens is 356 g/mol. The Morgan fingerprint density at radius 1 is 1.24 bits per heavy atom. The van der Waals surface area contributed by atoms with Gasteiger partial charge < -0.3 is 0 Å². The Hall–Kier alpha value is -1.80. The van der Waals surface area contributed by atoms with Gasteiger partial charge in [-0.3, -0.25) is 20.4 Å². The Morgan fingerprint density at radius 3 is 2.60 bits per heavy atom. The molecule has 0 aliphatic heterocycles. The van der Waals surface area contributed by atoms with Crippen LogP contribution in [0.3, 0.4) is 0 Å². The molecule has 0 unspecified atom stereocenters. The summed E-state index contributed by atoms with van der Waals surface area (Å²) in [5.41, 5.74) is 7.02. The van der Waals surface area contributed by atoms with Gasteiger partial charge in [-0.2, -0.15) is 0 Å². The Balaban J connectivity index is 1.64.